The molecule has 0 atom stereocenters. The number of allylic oxidation sites excluding steroid dienone is 2. The van der Waals surface area contributed by atoms with E-state index in [4.69, 9.17) is 0 Å². The lowest BCUT2D eigenvalue weighted by Gasteiger charge is -2.16. The Morgan fingerprint density at radius 2 is 2.03 bits per heavy atom. The topological polar surface area (TPSA) is 64.0 Å². The number of hydrogen-bond donors (Lipinski definition) is 1. The second-order valence-electron chi connectivity index (χ2n) is 6.91. The molecule has 0 radical (unpaired) electrons. The minimum absolute atomic E-state index is 0.204. The molecule has 1 heterocycles. The number of benzene rings is 1. The summed E-state index contributed by atoms with van der Waals surface area (Å²) in [6.07, 6.45) is 2.83. The zero-order valence-corrected chi connectivity index (χ0v) is 16.6. The number of carbonyl (C=O) groups is 1. The summed E-state index contributed by atoms with van der Waals surface area (Å²) >= 11 is 0.974. The number of para-hydroxylation sites is 1. The number of alkyl halides is 3. The summed E-state index contributed by atoms with van der Waals surface area (Å²) in [5.74, 6) is -1.000. The number of thioether (sulfide) groups is 1. The van der Waals surface area contributed by atoms with Gasteiger partial charge in [0.05, 0.1) is 16.7 Å². The first kappa shape index (κ1) is 21.4. The van der Waals surface area contributed by atoms with E-state index in [0.717, 1.165) is 31.0 Å². The highest BCUT2D eigenvalue weighted by Crippen LogP contribution is 2.23. The van der Waals surface area contributed by atoms with Crippen LogP contribution in [0.3, 0.4) is 0 Å². The van der Waals surface area contributed by atoms with E-state index in [9.17, 15) is 22.8 Å². The summed E-state index contributed by atoms with van der Waals surface area (Å²) in [5.41, 5.74) is 1.60. The third-order valence-electron chi connectivity index (χ3n) is 4.69. The Morgan fingerprint density at radius 3 is 2.76 bits per heavy atom. The van der Waals surface area contributed by atoms with Crippen molar-refractivity contribution >= 4 is 28.6 Å². The summed E-state index contributed by atoms with van der Waals surface area (Å²) in [5, 5.41) is 2.66. The fourth-order valence-electron chi connectivity index (χ4n) is 3.22. The third-order valence-corrected chi connectivity index (χ3v) is 5.66. The van der Waals surface area contributed by atoms with Crippen LogP contribution in [0.5, 0.6) is 0 Å². The number of nitrogens with zero attached hydrogens (tertiary/aromatic N) is 2. The first-order valence-corrected chi connectivity index (χ1v) is 10.5. The van der Waals surface area contributed by atoms with E-state index >= 15 is 0 Å². The van der Waals surface area contributed by atoms with Gasteiger partial charge in [0.2, 0.25) is 5.91 Å². The van der Waals surface area contributed by atoms with Crippen LogP contribution in [0.1, 0.15) is 32.1 Å². The van der Waals surface area contributed by atoms with E-state index < -0.39 is 18.6 Å². The molecular formula is C20H22F3N3O2S. The molecule has 3 rings (SSSR count). The molecule has 0 saturated carbocycles. The maximum absolute atomic E-state index is 13.0. The first-order chi connectivity index (χ1) is 13.8. The molecule has 0 spiro atoms. The van der Waals surface area contributed by atoms with Crippen LogP contribution < -0.4 is 10.9 Å². The highest BCUT2D eigenvalue weighted by atomic mass is 32.2. The minimum atomic E-state index is -4.46. The molecule has 0 fully saturated rings. The number of halogens is 3. The van der Waals surface area contributed by atoms with Gasteiger partial charge in [-0.1, -0.05) is 35.5 Å². The highest BCUT2D eigenvalue weighted by Gasteiger charge is 2.27. The van der Waals surface area contributed by atoms with Gasteiger partial charge in [-0.05, 0) is 44.2 Å². The van der Waals surface area contributed by atoms with E-state index in [1.165, 1.54) is 16.6 Å². The van der Waals surface area contributed by atoms with Gasteiger partial charge in [0, 0.05) is 6.54 Å². The number of nitrogens with one attached hydrogen (secondary N) is 1. The summed E-state index contributed by atoms with van der Waals surface area (Å²) in [6, 6.07) is 6.93. The van der Waals surface area contributed by atoms with E-state index in [1.807, 2.05) is 5.32 Å². The molecule has 1 aliphatic rings. The van der Waals surface area contributed by atoms with E-state index in [2.05, 4.69) is 11.1 Å². The van der Waals surface area contributed by atoms with Crippen LogP contribution in [0.15, 0.2) is 45.9 Å². The number of rotatable bonds is 7. The number of carbonyl (C=O) groups excluding carboxylic acids is 1. The SMILES string of the molecule is O=C(CSc1nc2ccccc2c(=O)n1CCC1=CCCCC1)NCC(F)(F)F. The van der Waals surface area contributed by atoms with Crippen molar-refractivity contribution in [2.75, 3.05) is 12.3 Å². The third kappa shape index (κ3) is 6.09. The molecule has 0 unspecified atom stereocenters. The number of amides is 1. The Kier molecular flexibility index (Phi) is 7.00. The largest absolute Gasteiger partial charge is 0.405 e. The lowest BCUT2D eigenvalue weighted by molar-refractivity contribution is -0.136. The fourth-order valence-corrected chi connectivity index (χ4v) is 4.08. The molecule has 1 aromatic heterocycles. The van der Waals surface area contributed by atoms with Crippen LogP contribution >= 0.6 is 11.8 Å². The molecule has 5 nitrogen and oxygen atoms in total. The number of hydrogen-bond acceptors (Lipinski definition) is 4. The predicted molar refractivity (Wildman–Crippen MR) is 107 cm³/mol. The fraction of sp³-hybridized carbons (Fsp3) is 0.450. The van der Waals surface area contributed by atoms with Crippen LogP contribution in [0.4, 0.5) is 13.2 Å². The maximum atomic E-state index is 13.0. The van der Waals surface area contributed by atoms with Crippen molar-refractivity contribution in [3.8, 4) is 0 Å². The maximum Gasteiger partial charge on any atom is 0.405 e. The lowest BCUT2D eigenvalue weighted by atomic mass is 9.97. The molecule has 1 aromatic carbocycles. The van der Waals surface area contributed by atoms with Gasteiger partial charge >= 0.3 is 6.18 Å². The summed E-state index contributed by atoms with van der Waals surface area (Å²) in [4.78, 5) is 29.2. The second kappa shape index (κ2) is 9.47. The normalized spacial score (nSPS) is 14.7. The monoisotopic (exact) mass is 425 g/mol. The average Bonchev–Trinajstić information content (AvgIpc) is 2.70. The van der Waals surface area contributed by atoms with E-state index in [0.29, 0.717) is 29.0 Å². The quantitative estimate of drug-likeness (QED) is 0.413. The van der Waals surface area contributed by atoms with Gasteiger partial charge < -0.3 is 5.32 Å². The van der Waals surface area contributed by atoms with Gasteiger partial charge in [-0.15, -0.1) is 0 Å². The lowest BCUT2D eigenvalue weighted by Crippen LogP contribution is -2.35. The molecule has 9 heteroatoms. The van der Waals surface area contributed by atoms with Crippen molar-refractivity contribution in [2.24, 2.45) is 0 Å². The average molecular weight is 425 g/mol. The zero-order valence-electron chi connectivity index (χ0n) is 15.8. The Labute approximate surface area is 170 Å². The van der Waals surface area contributed by atoms with Crippen molar-refractivity contribution in [1.29, 1.82) is 0 Å². The van der Waals surface area contributed by atoms with Crippen LogP contribution in [0, 0.1) is 0 Å². The van der Waals surface area contributed by atoms with Crippen molar-refractivity contribution in [2.45, 2.75) is 50.0 Å². The van der Waals surface area contributed by atoms with Gasteiger partial charge in [0.1, 0.15) is 6.54 Å². The van der Waals surface area contributed by atoms with E-state index in [1.54, 1.807) is 24.3 Å². The van der Waals surface area contributed by atoms with Crippen LogP contribution in [-0.4, -0.2) is 33.9 Å². The molecule has 1 N–H and O–H groups in total. The summed E-state index contributed by atoms with van der Waals surface area (Å²) in [7, 11) is 0. The van der Waals surface area contributed by atoms with Gasteiger partial charge in [0.15, 0.2) is 5.16 Å². The number of fused-ring (bicyclic) bond motifs is 1. The molecule has 1 aliphatic carbocycles. The summed E-state index contributed by atoms with van der Waals surface area (Å²) in [6.45, 7) is -0.951. The minimum Gasteiger partial charge on any atom is -0.346 e. The molecule has 156 valence electrons. The smallest absolute Gasteiger partial charge is 0.346 e. The van der Waals surface area contributed by atoms with Crippen LogP contribution in [-0.2, 0) is 11.3 Å². The molecule has 2 aromatic rings. The molecule has 1 amide bonds. The Bertz CT molecular complexity index is 970. The first-order valence-electron chi connectivity index (χ1n) is 9.47. The van der Waals surface area contributed by atoms with Crippen molar-refractivity contribution in [1.82, 2.24) is 14.9 Å². The molecule has 0 bridgehead atoms. The molecular weight excluding hydrogens is 403 g/mol. The Hall–Kier alpha value is -2.29. The Morgan fingerprint density at radius 1 is 1.24 bits per heavy atom. The molecule has 0 saturated heterocycles. The van der Waals surface area contributed by atoms with Crippen molar-refractivity contribution in [3.63, 3.8) is 0 Å². The van der Waals surface area contributed by atoms with Crippen LogP contribution in [0.2, 0.25) is 0 Å². The zero-order chi connectivity index (χ0) is 20.9. The Balaban J connectivity index is 1.79. The number of aromatic nitrogens is 2. The van der Waals surface area contributed by atoms with Gasteiger partial charge in [-0.2, -0.15) is 13.2 Å². The standard InChI is InChI=1S/C20H22F3N3O2S/c21-20(22,23)13-24-17(27)12-29-19-25-16-9-5-4-8-15(16)18(28)26(19)11-10-14-6-2-1-3-7-14/h4-6,8-9H,1-3,7,10-13H2,(H,24,27). The molecule has 0 aliphatic heterocycles. The van der Waals surface area contributed by atoms with Gasteiger partial charge in [-0.3, -0.25) is 14.2 Å². The molecule has 29 heavy (non-hydrogen) atoms. The predicted octanol–water partition coefficient (Wildman–Crippen LogP) is 4.06. The van der Waals surface area contributed by atoms with Gasteiger partial charge in [0.25, 0.3) is 5.56 Å². The van der Waals surface area contributed by atoms with Crippen molar-refractivity contribution < 1.29 is 18.0 Å². The van der Waals surface area contributed by atoms with Crippen LogP contribution in [0.25, 0.3) is 10.9 Å². The van der Waals surface area contributed by atoms with Gasteiger partial charge in [-0.25, -0.2) is 4.98 Å². The van der Waals surface area contributed by atoms with Crippen molar-refractivity contribution in [3.05, 3.63) is 46.3 Å². The summed E-state index contributed by atoms with van der Waals surface area (Å²) < 4.78 is 38.3. The van der Waals surface area contributed by atoms with E-state index in [-0.39, 0.29) is 11.3 Å². The second-order valence-corrected chi connectivity index (χ2v) is 7.85. The highest BCUT2D eigenvalue weighted by molar-refractivity contribution is 7.99.